The molecule has 1 nitrogen and oxygen atoms in total. The maximum atomic E-state index is 5.44. The third-order valence-corrected chi connectivity index (χ3v) is 10.2. The van der Waals surface area contributed by atoms with Crippen LogP contribution in [-0.2, 0) is 0 Å². The van der Waals surface area contributed by atoms with Gasteiger partial charge < -0.3 is 0 Å². The third-order valence-electron chi connectivity index (χ3n) is 10.2. The van der Waals surface area contributed by atoms with E-state index in [9.17, 15) is 0 Å². The van der Waals surface area contributed by atoms with Crippen LogP contribution in [0.2, 0.25) is 0 Å². The summed E-state index contributed by atoms with van der Waals surface area (Å²) in [6.45, 7) is 5.35. The monoisotopic (exact) mass is 355 g/mol. The predicted octanol–water partition coefficient (Wildman–Crippen LogP) is 7.19. The highest BCUT2D eigenvalue weighted by Gasteiger charge is 2.58. The summed E-state index contributed by atoms with van der Waals surface area (Å²) >= 11 is 0. The van der Waals surface area contributed by atoms with Crippen LogP contribution in [-0.4, -0.2) is 11.8 Å². The Balaban J connectivity index is 1.39. The minimum absolute atomic E-state index is 0.469. The fourth-order valence-electron chi connectivity index (χ4n) is 8.73. The van der Waals surface area contributed by atoms with Gasteiger partial charge in [0.2, 0.25) is 0 Å². The summed E-state index contributed by atoms with van der Waals surface area (Å²) in [6.07, 6.45) is 22.0. The summed E-state index contributed by atoms with van der Waals surface area (Å²) < 4.78 is 0. The van der Waals surface area contributed by atoms with Gasteiger partial charge in [-0.2, -0.15) is 0 Å². The summed E-state index contributed by atoms with van der Waals surface area (Å²) in [5, 5.41) is 0. The number of nitrogens with zero attached hydrogens (tertiary/aromatic N) is 1. The van der Waals surface area contributed by atoms with E-state index in [0.717, 1.165) is 23.7 Å². The van der Waals surface area contributed by atoms with Crippen LogP contribution in [0.4, 0.5) is 0 Å². The Hall–Kier alpha value is -0.330. The highest BCUT2D eigenvalue weighted by Crippen LogP contribution is 2.65. The normalized spacial score (nSPS) is 50.9. The quantitative estimate of drug-likeness (QED) is 0.472. The second-order valence-electron chi connectivity index (χ2n) is 11.3. The maximum Gasteiger partial charge on any atom is 0.0499 e. The van der Waals surface area contributed by atoms with Crippen molar-refractivity contribution in [3.8, 4) is 0 Å². The summed E-state index contributed by atoms with van der Waals surface area (Å²) in [5.74, 6) is 4.07. The van der Waals surface area contributed by atoms with Gasteiger partial charge in [0.1, 0.15) is 0 Å². The van der Waals surface area contributed by atoms with E-state index in [1.807, 2.05) is 0 Å². The average molecular weight is 356 g/mol. The van der Waals surface area contributed by atoms with Crippen molar-refractivity contribution < 1.29 is 0 Å². The van der Waals surface area contributed by atoms with Gasteiger partial charge in [-0.3, -0.25) is 4.99 Å². The van der Waals surface area contributed by atoms with Crippen molar-refractivity contribution >= 4 is 5.71 Å². The molecule has 6 atom stereocenters. The van der Waals surface area contributed by atoms with Crippen molar-refractivity contribution in [3.05, 3.63) is 0 Å². The van der Waals surface area contributed by atoms with Crippen molar-refractivity contribution in [1.82, 2.24) is 0 Å². The lowest BCUT2D eigenvalue weighted by atomic mass is 9.45. The zero-order chi connectivity index (χ0) is 17.8. The largest absolute Gasteiger partial charge is 0.290 e. The number of hydrogen-bond donors (Lipinski definition) is 0. The second kappa shape index (κ2) is 6.63. The lowest BCUT2D eigenvalue weighted by molar-refractivity contribution is -0.0936. The van der Waals surface area contributed by atoms with E-state index < -0.39 is 0 Å². The molecule has 0 heterocycles. The molecule has 0 unspecified atom stereocenters. The Bertz CT molecular complexity index is 559. The fraction of sp³-hybridized carbons (Fsp3) is 0.960. The Morgan fingerprint density at radius 2 is 1.54 bits per heavy atom. The molecule has 0 aromatic carbocycles. The smallest absolute Gasteiger partial charge is 0.0499 e. The minimum atomic E-state index is 0.469. The Morgan fingerprint density at radius 1 is 0.731 bits per heavy atom. The van der Waals surface area contributed by atoms with Crippen molar-refractivity contribution in [2.24, 2.45) is 39.5 Å². The van der Waals surface area contributed by atoms with E-state index in [4.69, 9.17) is 4.99 Å². The Morgan fingerprint density at radius 3 is 2.38 bits per heavy atom. The van der Waals surface area contributed by atoms with Crippen molar-refractivity contribution in [3.63, 3.8) is 0 Å². The standard InChI is InChI=1S/C25H41N/c1-24-16-7-6-8-18(24)11-12-20-21-13-14-23(25(21,2)17-15-22(20)24)26-19-9-4-3-5-10-19/h18-22H,3-17H2,1-2H3/t18-,20-,21-,22-,24+,25+/m1/s1. The first kappa shape index (κ1) is 17.7. The number of rotatable bonds is 1. The highest BCUT2D eigenvalue weighted by molar-refractivity contribution is 5.92. The topological polar surface area (TPSA) is 12.4 Å². The van der Waals surface area contributed by atoms with Crippen LogP contribution >= 0.6 is 0 Å². The van der Waals surface area contributed by atoms with E-state index in [2.05, 4.69) is 13.8 Å². The molecule has 5 fully saturated rings. The van der Waals surface area contributed by atoms with Gasteiger partial charge in [0.05, 0.1) is 0 Å². The summed E-state index contributed by atoms with van der Waals surface area (Å²) in [4.78, 5) is 5.44. The molecule has 0 radical (unpaired) electrons. The molecular formula is C25H41N. The Labute approximate surface area is 161 Å². The van der Waals surface area contributed by atoms with E-state index in [1.54, 1.807) is 18.6 Å². The predicted molar refractivity (Wildman–Crippen MR) is 111 cm³/mol. The van der Waals surface area contributed by atoms with Gasteiger partial charge in [-0.1, -0.05) is 46.0 Å². The molecule has 5 saturated carbocycles. The minimum Gasteiger partial charge on any atom is -0.290 e. The highest BCUT2D eigenvalue weighted by atomic mass is 14.8. The molecule has 5 aliphatic carbocycles. The molecular weight excluding hydrogens is 314 g/mol. The molecule has 1 heteroatoms. The first-order chi connectivity index (χ1) is 12.6. The van der Waals surface area contributed by atoms with Gasteiger partial charge in [0.25, 0.3) is 0 Å². The molecule has 26 heavy (non-hydrogen) atoms. The van der Waals surface area contributed by atoms with Crippen LogP contribution in [0.5, 0.6) is 0 Å². The summed E-state index contributed by atoms with van der Waals surface area (Å²) in [5.41, 5.74) is 2.83. The van der Waals surface area contributed by atoms with Crippen LogP contribution in [0.1, 0.15) is 110 Å². The van der Waals surface area contributed by atoms with E-state index in [0.29, 0.717) is 16.9 Å². The number of hydrogen-bond acceptors (Lipinski definition) is 1. The van der Waals surface area contributed by atoms with E-state index >= 15 is 0 Å². The Kier molecular flexibility index (Phi) is 4.52. The van der Waals surface area contributed by atoms with Crippen molar-refractivity contribution in [2.75, 3.05) is 0 Å². The first-order valence-corrected chi connectivity index (χ1v) is 12.2. The summed E-state index contributed by atoms with van der Waals surface area (Å²) in [6, 6.07) is 0.679. The zero-order valence-corrected chi connectivity index (χ0v) is 17.4. The number of fused-ring (bicyclic) bond motifs is 5. The van der Waals surface area contributed by atoms with Crippen LogP contribution in [0.25, 0.3) is 0 Å². The van der Waals surface area contributed by atoms with Gasteiger partial charge in [0, 0.05) is 17.2 Å². The molecule has 0 aromatic heterocycles. The molecule has 0 aromatic rings. The molecule has 0 spiro atoms. The third kappa shape index (κ3) is 2.66. The lowest BCUT2D eigenvalue weighted by Crippen LogP contribution is -2.52. The van der Waals surface area contributed by atoms with Crippen LogP contribution < -0.4 is 0 Å². The van der Waals surface area contributed by atoms with Crippen molar-refractivity contribution in [1.29, 1.82) is 0 Å². The van der Waals surface area contributed by atoms with E-state index in [1.165, 1.54) is 83.5 Å². The van der Waals surface area contributed by atoms with Gasteiger partial charge in [-0.05, 0) is 93.3 Å². The zero-order valence-electron chi connectivity index (χ0n) is 17.4. The molecule has 0 bridgehead atoms. The van der Waals surface area contributed by atoms with Crippen LogP contribution in [0.3, 0.4) is 0 Å². The van der Waals surface area contributed by atoms with Gasteiger partial charge in [0.15, 0.2) is 0 Å². The van der Waals surface area contributed by atoms with Crippen molar-refractivity contribution in [2.45, 2.75) is 116 Å². The molecule has 0 amide bonds. The molecule has 5 rings (SSSR count). The second-order valence-corrected chi connectivity index (χ2v) is 11.3. The first-order valence-electron chi connectivity index (χ1n) is 12.2. The number of aliphatic imine (C=N–C) groups is 1. The maximum absolute atomic E-state index is 5.44. The molecule has 0 aliphatic heterocycles. The van der Waals surface area contributed by atoms with Crippen LogP contribution in [0, 0.1) is 34.5 Å². The molecule has 0 saturated heterocycles. The molecule has 146 valence electrons. The van der Waals surface area contributed by atoms with Crippen LogP contribution in [0.15, 0.2) is 4.99 Å². The molecule has 0 N–H and O–H groups in total. The van der Waals surface area contributed by atoms with Gasteiger partial charge in [-0.25, -0.2) is 0 Å². The average Bonchev–Trinajstić information content (AvgIpc) is 2.98. The van der Waals surface area contributed by atoms with E-state index in [-0.39, 0.29) is 0 Å². The lowest BCUT2D eigenvalue weighted by Gasteiger charge is -2.60. The fourth-order valence-corrected chi connectivity index (χ4v) is 8.73. The summed E-state index contributed by atoms with van der Waals surface area (Å²) in [7, 11) is 0. The molecule has 5 aliphatic rings. The van der Waals surface area contributed by atoms with Gasteiger partial charge >= 0.3 is 0 Å². The SMILES string of the molecule is C[C@]12CCCC[C@@H]1CC[C@H]1[C@H]2CC[C@]2(C)C(=NC3CCCCC3)CC[C@H]12. The van der Waals surface area contributed by atoms with Gasteiger partial charge in [-0.15, -0.1) is 0 Å².